The molecule has 0 radical (unpaired) electrons. The van der Waals surface area contributed by atoms with Crippen molar-refractivity contribution in [1.82, 2.24) is 10.2 Å². The van der Waals surface area contributed by atoms with Gasteiger partial charge in [-0.2, -0.15) is 6.07 Å². The summed E-state index contributed by atoms with van der Waals surface area (Å²) in [7, 11) is 0. The second-order valence-corrected chi connectivity index (χ2v) is 0.703. The van der Waals surface area contributed by atoms with E-state index < -0.39 is 0 Å². The largest absolute Gasteiger partial charge is 1.00 e. The predicted octanol–water partition coefficient (Wildman–Crippen LogP) is 0.207. The van der Waals surface area contributed by atoms with Crippen LogP contribution in [0.4, 0.5) is 0 Å². The summed E-state index contributed by atoms with van der Waals surface area (Å²) >= 11 is 0. The Labute approximate surface area is 46.4 Å². The van der Waals surface area contributed by atoms with Crippen LogP contribution in [0.5, 0.6) is 0 Å². The molecule has 3 heteroatoms. The topological polar surface area (TPSA) is 28.7 Å². The number of nitrogens with one attached hydrogen (secondary N) is 1. The van der Waals surface area contributed by atoms with E-state index in [4.69, 9.17) is 0 Å². The van der Waals surface area contributed by atoms with Gasteiger partial charge in [0, 0.05) is 0 Å². The monoisotopic (exact) mass is 130 g/mol. The maximum Gasteiger partial charge on any atom is 1.00 e. The number of hydrogen-bond donors (Lipinski definition) is 1. The first-order valence-electron chi connectivity index (χ1n) is 1.36. The summed E-state index contributed by atoms with van der Waals surface area (Å²) in [5.41, 5.74) is 0. The summed E-state index contributed by atoms with van der Waals surface area (Å²) in [5, 5.41) is 6.03. The molecule has 1 heterocycles. The maximum absolute atomic E-state index is 3.47. The number of aromatic nitrogens is 2. The second kappa shape index (κ2) is 2.94. The number of aromatic amines is 1. The van der Waals surface area contributed by atoms with E-state index in [1.54, 1.807) is 12.3 Å². The van der Waals surface area contributed by atoms with Crippen molar-refractivity contribution in [1.29, 1.82) is 0 Å². The zero-order valence-electron chi connectivity index (χ0n) is 2.90. The van der Waals surface area contributed by atoms with Gasteiger partial charge in [-0.3, -0.25) is 0 Å². The molecular formula is C3H3CuN2. The van der Waals surface area contributed by atoms with Gasteiger partial charge in [-0.15, -0.1) is 12.4 Å². The Bertz CT molecular complexity index is 65.3. The van der Waals surface area contributed by atoms with Gasteiger partial charge in [0.15, 0.2) is 0 Å². The number of H-pyrrole nitrogens is 1. The summed E-state index contributed by atoms with van der Waals surface area (Å²) in [6.07, 6.45) is 4.26. The number of rotatable bonds is 0. The average Bonchev–Trinajstić information content (AvgIpc) is 1.76. The molecule has 0 spiro atoms. The van der Waals surface area contributed by atoms with Crippen molar-refractivity contribution in [3.8, 4) is 0 Å². The molecule has 1 aromatic heterocycles. The Morgan fingerprint density at radius 1 is 1.67 bits per heavy atom. The predicted molar refractivity (Wildman–Crippen MR) is 17.4 cm³/mol. The molecule has 0 bridgehead atoms. The van der Waals surface area contributed by atoms with Gasteiger partial charge in [0.2, 0.25) is 0 Å². The SMILES string of the molecule is [Cu+].[c-]1cc[nH]n1. The van der Waals surface area contributed by atoms with Gasteiger partial charge < -0.3 is 10.2 Å². The number of nitrogens with zero attached hydrogens (tertiary/aromatic N) is 1. The Kier molecular flexibility index (Phi) is 2.81. The van der Waals surface area contributed by atoms with E-state index >= 15 is 0 Å². The van der Waals surface area contributed by atoms with E-state index in [0.717, 1.165) is 0 Å². The van der Waals surface area contributed by atoms with Crippen LogP contribution in [0, 0.1) is 6.20 Å². The Hall–Kier alpha value is -0.271. The third-order valence-corrected chi connectivity index (χ3v) is 0.362. The van der Waals surface area contributed by atoms with Crippen LogP contribution in [-0.4, -0.2) is 10.2 Å². The summed E-state index contributed by atoms with van der Waals surface area (Å²) in [6.45, 7) is 0. The van der Waals surface area contributed by atoms with Crippen LogP contribution in [0.1, 0.15) is 0 Å². The van der Waals surface area contributed by atoms with Crippen LogP contribution in [-0.2, 0) is 17.1 Å². The van der Waals surface area contributed by atoms with E-state index in [9.17, 15) is 0 Å². The van der Waals surface area contributed by atoms with Crippen LogP contribution >= 0.6 is 0 Å². The van der Waals surface area contributed by atoms with E-state index in [1.807, 2.05) is 0 Å². The van der Waals surface area contributed by atoms with Gasteiger partial charge in [0.05, 0.1) is 0 Å². The first kappa shape index (κ1) is 5.73. The quantitative estimate of drug-likeness (QED) is 0.395. The van der Waals surface area contributed by atoms with E-state index in [2.05, 4.69) is 16.4 Å². The van der Waals surface area contributed by atoms with Crippen molar-refractivity contribution < 1.29 is 17.1 Å². The van der Waals surface area contributed by atoms with Crippen molar-refractivity contribution in [2.24, 2.45) is 0 Å². The second-order valence-electron chi connectivity index (χ2n) is 0.703. The standard InChI is InChI=1S/C3H3N2.Cu/c1-2-4-5-3-1;/h1-2H,(H,4,5);/q-1;+1. The van der Waals surface area contributed by atoms with Crippen LogP contribution in [0.3, 0.4) is 0 Å². The molecule has 1 rings (SSSR count). The van der Waals surface area contributed by atoms with E-state index in [0.29, 0.717) is 0 Å². The molecule has 0 aromatic carbocycles. The van der Waals surface area contributed by atoms with Crippen LogP contribution in [0.25, 0.3) is 0 Å². The van der Waals surface area contributed by atoms with Crippen LogP contribution < -0.4 is 0 Å². The molecule has 2 nitrogen and oxygen atoms in total. The smallest absolute Gasteiger partial charge is 0.382 e. The molecule has 0 fully saturated rings. The van der Waals surface area contributed by atoms with Gasteiger partial charge in [0.25, 0.3) is 0 Å². The first-order chi connectivity index (χ1) is 2.50. The van der Waals surface area contributed by atoms with Crippen LogP contribution in [0.15, 0.2) is 12.3 Å². The third-order valence-electron chi connectivity index (χ3n) is 0.362. The average molecular weight is 131 g/mol. The summed E-state index contributed by atoms with van der Waals surface area (Å²) < 4.78 is 0. The molecule has 0 aliphatic rings. The van der Waals surface area contributed by atoms with E-state index in [-0.39, 0.29) is 17.1 Å². The van der Waals surface area contributed by atoms with Crippen molar-refractivity contribution in [2.45, 2.75) is 0 Å². The molecular weight excluding hydrogens is 128 g/mol. The molecule has 0 atom stereocenters. The molecule has 0 unspecified atom stereocenters. The van der Waals surface area contributed by atoms with Gasteiger partial charge in [-0.25, -0.2) is 0 Å². The fourth-order valence-corrected chi connectivity index (χ4v) is 0.186. The maximum atomic E-state index is 3.47. The first-order valence-corrected chi connectivity index (χ1v) is 1.36. The zero-order valence-corrected chi connectivity index (χ0v) is 3.85. The van der Waals surface area contributed by atoms with Gasteiger partial charge in [-0.05, 0) is 0 Å². The molecule has 0 aliphatic heterocycles. The van der Waals surface area contributed by atoms with Crippen LogP contribution in [0.2, 0.25) is 0 Å². The number of hydrogen-bond acceptors (Lipinski definition) is 1. The molecule has 0 amide bonds. The van der Waals surface area contributed by atoms with Crippen molar-refractivity contribution in [3.63, 3.8) is 0 Å². The third kappa shape index (κ3) is 1.24. The van der Waals surface area contributed by atoms with Gasteiger partial charge in [0.1, 0.15) is 0 Å². The Morgan fingerprint density at radius 3 is 2.67 bits per heavy atom. The molecule has 0 saturated carbocycles. The molecule has 1 N–H and O–H groups in total. The fourth-order valence-electron chi connectivity index (χ4n) is 0.186. The van der Waals surface area contributed by atoms with Crippen molar-refractivity contribution >= 4 is 0 Å². The molecule has 6 heavy (non-hydrogen) atoms. The van der Waals surface area contributed by atoms with Crippen molar-refractivity contribution in [2.75, 3.05) is 0 Å². The Morgan fingerprint density at radius 2 is 2.50 bits per heavy atom. The molecule has 0 aliphatic carbocycles. The normalized spacial score (nSPS) is 6.67. The van der Waals surface area contributed by atoms with E-state index in [1.165, 1.54) is 0 Å². The molecule has 0 saturated heterocycles. The van der Waals surface area contributed by atoms with Gasteiger partial charge >= 0.3 is 17.1 Å². The van der Waals surface area contributed by atoms with Gasteiger partial charge in [-0.1, -0.05) is 0 Å². The summed E-state index contributed by atoms with van der Waals surface area (Å²) in [5.74, 6) is 0. The molecule has 1 aromatic rings. The fraction of sp³-hybridized carbons (Fsp3) is 0. The molecule has 36 valence electrons. The summed E-state index contributed by atoms with van der Waals surface area (Å²) in [6, 6.07) is 1.71. The summed E-state index contributed by atoms with van der Waals surface area (Å²) in [4.78, 5) is 0. The van der Waals surface area contributed by atoms with Crippen molar-refractivity contribution in [3.05, 3.63) is 18.5 Å². The minimum Gasteiger partial charge on any atom is -0.382 e. The minimum absolute atomic E-state index is 0. The zero-order chi connectivity index (χ0) is 3.54. The minimum atomic E-state index is 0. The Balaban J connectivity index is 0.000000250.